The monoisotopic (exact) mass is 239 g/mol. The minimum absolute atomic E-state index is 0.0513. The molecule has 0 aliphatic carbocycles. The molecule has 0 radical (unpaired) electrons. The lowest BCUT2D eigenvalue weighted by molar-refractivity contribution is 0.0517. The highest BCUT2D eigenvalue weighted by Gasteiger charge is 2.23. The third-order valence-electron chi connectivity index (χ3n) is 2.59. The SMILES string of the molecule is CCOC(=O)c1nn(C)cc1CC(C)(C)CN. The van der Waals surface area contributed by atoms with Crippen molar-refractivity contribution in [3.63, 3.8) is 0 Å². The maximum Gasteiger partial charge on any atom is 0.359 e. The quantitative estimate of drug-likeness (QED) is 0.782. The number of esters is 1. The molecule has 1 rings (SSSR count). The summed E-state index contributed by atoms with van der Waals surface area (Å²) in [5.74, 6) is -0.365. The van der Waals surface area contributed by atoms with Crippen LogP contribution in [0.5, 0.6) is 0 Å². The number of aromatic nitrogens is 2. The molecule has 0 saturated heterocycles. The van der Waals surface area contributed by atoms with Crippen molar-refractivity contribution in [2.45, 2.75) is 27.2 Å². The normalized spacial score (nSPS) is 11.6. The van der Waals surface area contributed by atoms with E-state index in [1.165, 1.54) is 0 Å². The van der Waals surface area contributed by atoms with Crippen LogP contribution in [0.4, 0.5) is 0 Å². The van der Waals surface area contributed by atoms with Crippen LogP contribution in [0.2, 0.25) is 0 Å². The molecule has 0 aliphatic heterocycles. The molecular formula is C12H21N3O2. The zero-order valence-corrected chi connectivity index (χ0v) is 11.0. The third-order valence-corrected chi connectivity index (χ3v) is 2.59. The summed E-state index contributed by atoms with van der Waals surface area (Å²) in [6, 6.07) is 0. The van der Waals surface area contributed by atoms with Crippen molar-refractivity contribution < 1.29 is 9.53 Å². The van der Waals surface area contributed by atoms with Gasteiger partial charge in [-0.2, -0.15) is 5.10 Å². The molecule has 0 bridgehead atoms. The van der Waals surface area contributed by atoms with Crippen LogP contribution in [-0.2, 0) is 18.2 Å². The number of nitrogens with zero attached hydrogens (tertiary/aromatic N) is 2. The molecule has 0 atom stereocenters. The Morgan fingerprint density at radius 3 is 2.76 bits per heavy atom. The van der Waals surface area contributed by atoms with E-state index < -0.39 is 0 Å². The first-order valence-electron chi connectivity index (χ1n) is 5.79. The van der Waals surface area contributed by atoms with E-state index in [0.717, 1.165) is 5.56 Å². The fourth-order valence-corrected chi connectivity index (χ4v) is 1.63. The van der Waals surface area contributed by atoms with Gasteiger partial charge in [-0.3, -0.25) is 4.68 Å². The molecule has 1 aromatic heterocycles. The molecule has 5 heteroatoms. The third kappa shape index (κ3) is 3.56. The first kappa shape index (κ1) is 13.7. The summed E-state index contributed by atoms with van der Waals surface area (Å²) in [4.78, 5) is 11.7. The molecule has 17 heavy (non-hydrogen) atoms. The zero-order chi connectivity index (χ0) is 13.1. The summed E-state index contributed by atoms with van der Waals surface area (Å²) < 4.78 is 6.62. The number of aryl methyl sites for hydroxylation is 1. The van der Waals surface area contributed by atoms with Crippen molar-refractivity contribution in [3.8, 4) is 0 Å². The summed E-state index contributed by atoms with van der Waals surface area (Å²) in [5.41, 5.74) is 6.94. The van der Waals surface area contributed by atoms with Crippen LogP contribution < -0.4 is 5.73 Å². The average molecular weight is 239 g/mol. The van der Waals surface area contributed by atoms with Crippen molar-refractivity contribution in [3.05, 3.63) is 17.5 Å². The minimum atomic E-state index is -0.365. The number of carbonyl (C=O) groups is 1. The smallest absolute Gasteiger partial charge is 0.359 e. The van der Waals surface area contributed by atoms with Crippen molar-refractivity contribution in [1.82, 2.24) is 9.78 Å². The lowest BCUT2D eigenvalue weighted by Gasteiger charge is -2.21. The van der Waals surface area contributed by atoms with E-state index in [2.05, 4.69) is 18.9 Å². The first-order chi connectivity index (χ1) is 7.89. The maximum absolute atomic E-state index is 11.7. The first-order valence-corrected chi connectivity index (χ1v) is 5.79. The Hall–Kier alpha value is -1.36. The minimum Gasteiger partial charge on any atom is -0.461 e. The predicted octanol–water partition coefficient (Wildman–Crippen LogP) is 1.12. The largest absolute Gasteiger partial charge is 0.461 e. The van der Waals surface area contributed by atoms with Gasteiger partial charge in [-0.25, -0.2) is 4.79 Å². The van der Waals surface area contributed by atoms with Crippen LogP contribution in [0.25, 0.3) is 0 Å². The molecule has 0 amide bonds. The summed E-state index contributed by atoms with van der Waals surface area (Å²) >= 11 is 0. The second-order valence-electron chi connectivity index (χ2n) is 4.94. The average Bonchev–Trinajstić information content (AvgIpc) is 2.59. The van der Waals surface area contributed by atoms with Crippen LogP contribution in [0.1, 0.15) is 36.8 Å². The molecule has 0 saturated carbocycles. The molecule has 5 nitrogen and oxygen atoms in total. The molecule has 0 aliphatic rings. The topological polar surface area (TPSA) is 70.1 Å². The van der Waals surface area contributed by atoms with Gasteiger partial charge in [-0.15, -0.1) is 0 Å². The Morgan fingerprint density at radius 1 is 1.59 bits per heavy atom. The molecule has 0 fully saturated rings. The Bertz CT molecular complexity index is 396. The van der Waals surface area contributed by atoms with Gasteiger partial charge in [0.1, 0.15) is 0 Å². The molecule has 0 unspecified atom stereocenters. The van der Waals surface area contributed by atoms with Gasteiger partial charge in [0.25, 0.3) is 0 Å². The molecule has 1 heterocycles. The van der Waals surface area contributed by atoms with Gasteiger partial charge in [0, 0.05) is 18.8 Å². The summed E-state index contributed by atoms with van der Waals surface area (Å²) in [6.07, 6.45) is 2.56. The van der Waals surface area contributed by atoms with Gasteiger partial charge in [0.2, 0.25) is 0 Å². The molecule has 2 N–H and O–H groups in total. The van der Waals surface area contributed by atoms with Crippen LogP contribution in [0.15, 0.2) is 6.20 Å². The van der Waals surface area contributed by atoms with Crippen molar-refractivity contribution in [1.29, 1.82) is 0 Å². The van der Waals surface area contributed by atoms with Gasteiger partial charge in [-0.1, -0.05) is 13.8 Å². The van der Waals surface area contributed by atoms with Gasteiger partial charge < -0.3 is 10.5 Å². The van der Waals surface area contributed by atoms with E-state index in [1.54, 1.807) is 18.7 Å². The second-order valence-corrected chi connectivity index (χ2v) is 4.94. The highest BCUT2D eigenvalue weighted by atomic mass is 16.5. The van der Waals surface area contributed by atoms with Crippen LogP contribution in [-0.4, -0.2) is 28.9 Å². The summed E-state index contributed by atoms with van der Waals surface area (Å²) in [6.45, 7) is 6.83. The summed E-state index contributed by atoms with van der Waals surface area (Å²) in [7, 11) is 1.79. The Kier molecular flexibility index (Phi) is 4.28. The number of ether oxygens (including phenoxy) is 1. The van der Waals surface area contributed by atoms with E-state index in [9.17, 15) is 4.79 Å². The van der Waals surface area contributed by atoms with Crippen LogP contribution in [0, 0.1) is 5.41 Å². The molecule has 0 spiro atoms. The van der Waals surface area contributed by atoms with Gasteiger partial charge in [0.05, 0.1) is 6.61 Å². The fourth-order valence-electron chi connectivity index (χ4n) is 1.63. The van der Waals surface area contributed by atoms with Gasteiger partial charge in [0.15, 0.2) is 5.69 Å². The van der Waals surface area contributed by atoms with E-state index in [4.69, 9.17) is 10.5 Å². The Labute approximate surface area is 102 Å². The van der Waals surface area contributed by atoms with Crippen LogP contribution >= 0.6 is 0 Å². The fraction of sp³-hybridized carbons (Fsp3) is 0.667. The predicted molar refractivity (Wildman–Crippen MR) is 65.7 cm³/mol. The lowest BCUT2D eigenvalue weighted by Crippen LogP contribution is -2.26. The Morgan fingerprint density at radius 2 is 2.24 bits per heavy atom. The van der Waals surface area contributed by atoms with Gasteiger partial charge in [-0.05, 0) is 25.3 Å². The molecule has 96 valence electrons. The maximum atomic E-state index is 11.7. The van der Waals surface area contributed by atoms with E-state index in [-0.39, 0.29) is 11.4 Å². The highest BCUT2D eigenvalue weighted by molar-refractivity contribution is 5.88. The highest BCUT2D eigenvalue weighted by Crippen LogP contribution is 2.22. The number of nitrogens with two attached hydrogens (primary N) is 1. The number of hydrogen-bond acceptors (Lipinski definition) is 4. The van der Waals surface area contributed by atoms with Crippen molar-refractivity contribution >= 4 is 5.97 Å². The van der Waals surface area contributed by atoms with Crippen molar-refractivity contribution in [2.75, 3.05) is 13.2 Å². The number of hydrogen-bond donors (Lipinski definition) is 1. The van der Waals surface area contributed by atoms with Crippen LogP contribution in [0.3, 0.4) is 0 Å². The Balaban J connectivity index is 2.96. The van der Waals surface area contributed by atoms with E-state index in [0.29, 0.717) is 25.3 Å². The molecular weight excluding hydrogens is 218 g/mol. The van der Waals surface area contributed by atoms with Gasteiger partial charge >= 0.3 is 5.97 Å². The molecule has 0 aromatic carbocycles. The van der Waals surface area contributed by atoms with E-state index >= 15 is 0 Å². The molecule has 1 aromatic rings. The summed E-state index contributed by atoms with van der Waals surface area (Å²) in [5, 5.41) is 4.15. The standard InChI is InChI=1S/C12H21N3O2/c1-5-17-11(16)10-9(7-15(4)14-10)6-12(2,3)8-13/h7H,5-6,8,13H2,1-4H3. The zero-order valence-electron chi connectivity index (χ0n) is 11.0. The van der Waals surface area contributed by atoms with Crippen molar-refractivity contribution in [2.24, 2.45) is 18.2 Å². The second kappa shape index (κ2) is 5.31. The van der Waals surface area contributed by atoms with E-state index in [1.807, 2.05) is 6.20 Å². The number of carbonyl (C=O) groups excluding carboxylic acids is 1. The number of rotatable bonds is 5. The lowest BCUT2D eigenvalue weighted by atomic mass is 9.86.